The van der Waals surface area contributed by atoms with Gasteiger partial charge in [-0.05, 0) is 20.9 Å². The first-order valence-corrected chi connectivity index (χ1v) is 5.27. The van der Waals surface area contributed by atoms with Gasteiger partial charge >= 0.3 is 0 Å². The van der Waals surface area contributed by atoms with E-state index >= 15 is 0 Å². The van der Waals surface area contributed by atoms with Crippen LogP contribution in [0, 0.1) is 0 Å². The Kier molecular flexibility index (Phi) is 4.81. The summed E-state index contributed by atoms with van der Waals surface area (Å²) in [6, 6.07) is 0.152. The van der Waals surface area contributed by atoms with Gasteiger partial charge in [-0.2, -0.15) is 0 Å². The average Bonchev–Trinajstić information content (AvgIpc) is 2.39. The van der Waals surface area contributed by atoms with E-state index in [4.69, 9.17) is 15.2 Å². The van der Waals surface area contributed by atoms with Crippen molar-refractivity contribution < 1.29 is 9.47 Å². The Hall–Kier alpha value is -0.160. The summed E-state index contributed by atoms with van der Waals surface area (Å²) in [5, 5.41) is 0. The maximum atomic E-state index is 5.90. The first kappa shape index (κ1) is 11.9. The minimum absolute atomic E-state index is 0.152. The molecule has 84 valence electrons. The Balaban J connectivity index is 2.07. The van der Waals surface area contributed by atoms with Crippen molar-refractivity contribution >= 4 is 0 Å². The highest BCUT2D eigenvalue weighted by Crippen LogP contribution is 2.09. The first-order chi connectivity index (χ1) is 6.59. The lowest BCUT2D eigenvalue weighted by atomic mass is 10.2. The fraction of sp³-hybridized carbons (Fsp3) is 1.00. The molecule has 0 aromatic carbocycles. The van der Waals surface area contributed by atoms with Crippen LogP contribution in [0.1, 0.15) is 13.8 Å². The number of rotatable bonds is 5. The van der Waals surface area contributed by atoms with Crippen LogP contribution in [0.2, 0.25) is 0 Å². The number of ether oxygens (including phenoxy) is 2. The van der Waals surface area contributed by atoms with Crippen molar-refractivity contribution in [1.82, 2.24) is 4.90 Å². The minimum atomic E-state index is 0.152. The van der Waals surface area contributed by atoms with Gasteiger partial charge < -0.3 is 20.1 Å². The predicted octanol–water partition coefficient (Wildman–Crippen LogP) is 0.0693. The van der Waals surface area contributed by atoms with Gasteiger partial charge in [0.25, 0.3) is 0 Å². The molecule has 1 rings (SSSR count). The molecule has 1 fully saturated rings. The molecular weight excluding hydrogens is 180 g/mol. The van der Waals surface area contributed by atoms with E-state index in [1.807, 2.05) is 13.8 Å². The Morgan fingerprint density at radius 1 is 1.36 bits per heavy atom. The summed E-state index contributed by atoms with van der Waals surface area (Å²) >= 11 is 0. The molecule has 0 amide bonds. The van der Waals surface area contributed by atoms with Crippen molar-refractivity contribution in [3.05, 3.63) is 0 Å². The van der Waals surface area contributed by atoms with Crippen molar-refractivity contribution in [2.75, 3.05) is 33.4 Å². The molecular formula is C10H22N2O2. The number of hydrogen-bond acceptors (Lipinski definition) is 4. The van der Waals surface area contributed by atoms with Gasteiger partial charge in [0.15, 0.2) is 0 Å². The monoisotopic (exact) mass is 202 g/mol. The SMILES string of the molecule is CC(C)OCCOC1CN(C)CC1N. The molecule has 0 aliphatic carbocycles. The largest absolute Gasteiger partial charge is 0.376 e. The summed E-state index contributed by atoms with van der Waals surface area (Å²) in [5.74, 6) is 0. The molecule has 1 aliphatic heterocycles. The van der Waals surface area contributed by atoms with Gasteiger partial charge in [-0.25, -0.2) is 0 Å². The lowest BCUT2D eigenvalue weighted by Crippen LogP contribution is -2.36. The summed E-state index contributed by atoms with van der Waals surface area (Å²) in [5.41, 5.74) is 5.90. The van der Waals surface area contributed by atoms with Crippen LogP contribution in [0.15, 0.2) is 0 Å². The zero-order chi connectivity index (χ0) is 10.6. The second-order valence-corrected chi connectivity index (χ2v) is 4.21. The zero-order valence-electron chi connectivity index (χ0n) is 9.40. The van der Waals surface area contributed by atoms with Gasteiger partial charge in [0, 0.05) is 19.1 Å². The Morgan fingerprint density at radius 2 is 2.07 bits per heavy atom. The molecule has 14 heavy (non-hydrogen) atoms. The molecule has 4 heteroatoms. The van der Waals surface area contributed by atoms with Gasteiger partial charge in [-0.1, -0.05) is 0 Å². The fourth-order valence-corrected chi connectivity index (χ4v) is 1.65. The summed E-state index contributed by atoms with van der Waals surface area (Å²) in [6.07, 6.45) is 0.453. The number of likely N-dealkylation sites (tertiary alicyclic amines) is 1. The van der Waals surface area contributed by atoms with Crippen LogP contribution in [-0.4, -0.2) is 56.5 Å². The number of likely N-dealkylation sites (N-methyl/N-ethyl adjacent to an activating group) is 1. The second-order valence-electron chi connectivity index (χ2n) is 4.21. The van der Waals surface area contributed by atoms with Crippen LogP contribution >= 0.6 is 0 Å². The molecule has 0 bridgehead atoms. The highest BCUT2D eigenvalue weighted by atomic mass is 16.5. The van der Waals surface area contributed by atoms with E-state index < -0.39 is 0 Å². The van der Waals surface area contributed by atoms with E-state index in [0.717, 1.165) is 13.1 Å². The first-order valence-electron chi connectivity index (χ1n) is 5.27. The lowest BCUT2D eigenvalue weighted by Gasteiger charge is -2.16. The molecule has 1 aliphatic rings. The number of nitrogens with two attached hydrogens (primary N) is 1. The van der Waals surface area contributed by atoms with E-state index in [1.54, 1.807) is 0 Å². The number of nitrogens with zero attached hydrogens (tertiary/aromatic N) is 1. The van der Waals surface area contributed by atoms with Gasteiger partial charge in [0.1, 0.15) is 0 Å². The molecule has 2 N–H and O–H groups in total. The van der Waals surface area contributed by atoms with Crippen molar-refractivity contribution in [2.45, 2.75) is 32.1 Å². The van der Waals surface area contributed by atoms with E-state index in [1.165, 1.54) is 0 Å². The summed E-state index contributed by atoms with van der Waals surface area (Å²) in [4.78, 5) is 2.19. The summed E-state index contributed by atoms with van der Waals surface area (Å²) in [6.45, 7) is 7.21. The van der Waals surface area contributed by atoms with E-state index in [2.05, 4.69) is 11.9 Å². The molecule has 0 radical (unpaired) electrons. The predicted molar refractivity (Wildman–Crippen MR) is 56.3 cm³/mol. The Morgan fingerprint density at radius 3 is 2.57 bits per heavy atom. The molecule has 2 atom stereocenters. The van der Waals surface area contributed by atoms with Crippen LogP contribution in [0.3, 0.4) is 0 Å². The minimum Gasteiger partial charge on any atom is -0.376 e. The molecule has 0 aromatic heterocycles. The maximum Gasteiger partial charge on any atom is 0.0866 e. The fourth-order valence-electron chi connectivity index (χ4n) is 1.65. The van der Waals surface area contributed by atoms with Gasteiger partial charge in [0.05, 0.1) is 25.4 Å². The van der Waals surface area contributed by atoms with Crippen LogP contribution in [-0.2, 0) is 9.47 Å². The van der Waals surface area contributed by atoms with Crippen LogP contribution in [0.4, 0.5) is 0 Å². The van der Waals surface area contributed by atoms with Crippen molar-refractivity contribution in [3.8, 4) is 0 Å². The summed E-state index contributed by atoms with van der Waals surface area (Å²) < 4.78 is 11.0. The molecule has 1 heterocycles. The van der Waals surface area contributed by atoms with E-state index in [-0.39, 0.29) is 18.2 Å². The highest BCUT2D eigenvalue weighted by molar-refractivity contribution is 4.85. The topological polar surface area (TPSA) is 47.7 Å². The summed E-state index contributed by atoms with van der Waals surface area (Å²) in [7, 11) is 2.06. The molecule has 1 saturated heterocycles. The van der Waals surface area contributed by atoms with Crippen molar-refractivity contribution in [3.63, 3.8) is 0 Å². The van der Waals surface area contributed by atoms with Crippen molar-refractivity contribution in [2.24, 2.45) is 5.73 Å². The number of hydrogen-bond donors (Lipinski definition) is 1. The molecule has 0 spiro atoms. The quantitative estimate of drug-likeness (QED) is 0.641. The third kappa shape index (κ3) is 3.92. The van der Waals surface area contributed by atoms with Gasteiger partial charge in [0.2, 0.25) is 0 Å². The lowest BCUT2D eigenvalue weighted by molar-refractivity contribution is -0.0122. The highest BCUT2D eigenvalue weighted by Gasteiger charge is 2.28. The van der Waals surface area contributed by atoms with Crippen molar-refractivity contribution in [1.29, 1.82) is 0 Å². The molecule has 4 nitrogen and oxygen atoms in total. The normalized spacial score (nSPS) is 28.9. The molecule has 2 unspecified atom stereocenters. The average molecular weight is 202 g/mol. The van der Waals surface area contributed by atoms with Gasteiger partial charge in [-0.3, -0.25) is 0 Å². The van der Waals surface area contributed by atoms with Crippen LogP contribution in [0.25, 0.3) is 0 Å². The smallest absolute Gasteiger partial charge is 0.0866 e. The zero-order valence-corrected chi connectivity index (χ0v) is 9.40. The van der Waals surface area contributed by atoms with Gasteiger partial charge in [-0.15, -0.1) is 0 Å². The van der Waals surface area contributed by atoms with Crippen LogP contribution in [0.5, 0.6) is 0 Å². The Labute approximate surface area is 86.3 Å². The second kappa shape index (κ2) is 5.66. The Bertz CT molecular complexity index is 164. The standard InChI is InChI=1S/C10H22N2O2/c1-8(2)13-4-5-14-10-7-12(3)6-9(10)11/h8-10H,4-7,11H2,1-3H3. The molecule has 0 saturated carbocycles. The van der Waals surface area contributed by atoms with E-state index in [0.29, 0.717) is 13.2 Å². The van der Waals surface area contributed by atoms with E-state index in [9.17, 15) is 0 Å². The molecule has 0 aromatic rings. The van der Waals surface area contributed by atoms with Crippen LogP contribution < -0.4 is 5.73 Å². The maximum absolute atomic E-state index is 5.90. The third-order valence-corrected chi connectivity index (χ3v) is 2.36. The third-order valence-electron chi connectivity index (χ3n) is 2.36.